The minimum absolute atomic E-state index is 0.254. The maximum atomic E-state index is 6.27. The molecule has 0 atom stereocenters. The van der Waals surface area contributed by atoms with Gasteiger partial charge in [-0.15, -0.1) is 10.2 Å². The fraction of sp³-hybridized carbons (Fsp3) is 0.467. The number of nitrogens with zero attached hydrogens (tertiary/aromatic N) is 2. The minimum atomic E-state index is 0.254. The molecular weight excluding hydrogens is 290 g/mol. The number of halogens is 1. The van der Waals surface area contributed by atoms with E-state index in [0.29, 0.717) is 29.4 Å². The van der Waals surface area contributed by atoms with E-state index in [0.717, 1.165) is 17.7 Å². The monoisotopic (exact) mass is 307 g/mol. The third kappa shape index (κ3) is 3.74. The molecule has 1 aliphatic rings. The largest absolute Gasteiger partial charge is 0.483 e. The van der Waals surface area contributed by atoms with E-state index in [1.54, 1.807) is 0 Å². The van der Waals surface area contributed by atoms with Crippen molar-refractivity contribution in [2.75, 3.05) is 0 Å². The fourth-order valence-corrected chi connectivity index (χ4v) is 2.24. The number of ether oxygens (including phenoxy) is 1. The van der Waals surface area contributed by atoms with Crippen molar-refractivity contribution in [2.24, 2.45) is 0 Å². The first-order chi connectivity index (χ1) is 10.3. The first-order valence-electron chi connectivity index (χ1n) is 7.21. The number of aryl methyl sites for hydroxylation is 1. The third-order valence-electron chi connectivity index (χ3n) is 3.38. The summed E-state index contributed by atoms with van der Waals surface area (Å²) in [4.78, 5) is 0. The van der Waals surface area contributed by atoms with Gasteiger partial charge in [0.05, 0.1) is 0 Å². The van der Waals surface area contributed by atoms with Gasteiger partial charge in [0.15, 0.2) is 6.61 Å². The molecule has 2 aromatic rings. The van der Waals surface area contributed by atoms with Gasteiger partial charge in [-0.05, 0) is 25.0 Å². The Hall–Kier alpha value is -1.59. The molecule has 0 spiro atoms. The van der Waals surface area contributed by atoms with Crippen molar-refractivity contribution in [3.8, 4) is 5.75 Å². The number of benzene rings is 1. The number of nitrogens with one attached hydrogen (secondary N) is 1. The number of rotatable bonds is 7. The van der Waals surface area contributed by atoms with E-state index in [1.807, 2.05) is 25.1 Å². The van der Waals surface area contributed by atoms with E-state index >= 15 is 0 Å². The van der Waals surface area contributed by atoms with Crippen molar-refractivity contribution >= 4 is 11.6 Å². The highest BCUT2D eigenvalue weighted by Crippen LogP contribution is 2.28. The predicted octanol–water partition coefficient (Wildman–Crippen LogP) is 3.12. The van der Waals surface area contributed by atoms with Crippen molar-refractivity contribution in [2.45, 2.75) is 45.4 Å². The lowest BCUT2D eigenvalue weighted by molar-refractivity contribution is 0.256. The average molecular weight is 308 g/mol. The molecule has 0 aliphatic heterocycles. The lowest BCUT2D eigenvalue weighted by Crippen LogP contribution is -2.16. The van der Waals surface area contributed by atoms with Crippen LogP contribution >= 0.6 is 11.6 Å². The molecule has 1 aliphatic carbocycles. The molecule has 0 saturated heterocycles. The van der Waals surface area contributed by atoms with Gasteiger partial charge in [-0.25, -0.2) is 0 Å². The molecular formula is C15H18ClN3O2. The smallest absolute Gasteiger partial charge is 0.253 e. The average Bonchev–Trinajstić information content (AvgIpc) is 3.20. The molecule has 0 unspecified atom stereocenters. The Labute approximate surface area is 128 Å². The zero-order chi connectivity index (χ0) is 14.7. The van der Waals surface area contributed by atoms with Crippen molar-refractivity contribution in [3.63, 3.8) is 0 Å². The summed E-state index contributed by atoms with van der Waals surface area (Å²) in [7, 11) is 0. The van der Waals surface area contributed by atoms with E-state index in [1.165, 1.54) is 12.8 Å². The van der Waals surface area contributed by atoms with E-state index in [2.05, 4.69) is 15.5 Å². The van der Waals surface area contributed by atoms with Gasteiger partial charge in [-0.1, -0.05) is 24.6 Å². The van der Waals surface area contributed by atoms with Crippen molar-refractivity contribution in [3.05, 3.63) is 40.6 Å². The molecule has 112 valence electrons. The first-order valence-corrected chi connectivity index (χ1v) is 7.59. The SMILES string of the molecule is CCc1nnc(COc2cccc(Cl)c2CNC2CC2)o1. The quantitative estimate of drug-likeness (QED) is 0.851. The third-order valence-corrected chi connectivity index (χ3v) is 3.74. The molecule has 0 bridgehead atoms. The molecule has 3 rings (SSSR count). The standard InChI is InChI=1S/C15H18ClN3O2/c1-2-14-18-19-15(21-14)9-20-13-5-3-4-12(16)11(13)8-17-10-6-7-10/h3-5,10,17H,2,6-9H2,1H3. The van der Waals surface area contributed by atoms with Gasteiger partial charge in [0, 0.05) is 29.6 Å². The van der Waals surface area contributed by atoms with Gasteiger partial charge in [0.25, 0.3) is 5.89 Å². The highest BCUT2D eigenvalue weighted by atomic mass is 35.5. The summed E-state index contributed by atoms with van der Waals surface area (Å²) in [5.41, 5.74) is 0.973. The van der Waals surface area contributed by atoms with Crippen LogP contribution in [0.25, 0.3) is 0 Å². The van der Waals surface area contributed by atoms with Crippen LogP contribution in [0, 0.1) is 0 Å². The molecule has 1 fully saturated rings. The molecule has 1 aromatic carbocycles. The Balaban J connectivity index is 1.66. The lowest BCUT2D eigenvalue weighted by atomic mass is 10.2. The number of hydrogen-bond acceptors (Lipinski definition) is 5. The van der Waals surface area contributed by atoms with Gasteiger partial charge < -0.3 is 14.5 Å². The Morgan fingerprint density at radius 2 is 2.14 bits per heavy atom. The second-order valence-corrected chi connectivity index (χ2v) is 5.51. The second kappa shape index (κ2) is 6.45. The van der Waals surface area contributed by atoms with Gasteiger partial charge in [0.2, 0.25) is 5.89 Å². The molecule has 1 N–H and O–H groups in total. The zero-order valence-corrected chi connectivity index (χ0v) is 12.7. The van der Waals surface area contributed by atoms with Crippen LogP contribution in [0.5, 0.6) is 5.75 Å². The minimum Gasteiger partial charge on any atom is -0.483 e. The summed E-state index contributed by atoms with van der Waals surface area (Å²) < 4.78 is 11.2. The summed E-state index contributed by atoms with van der Waals surface area (Å²) in [6.45, 7) is 2.93. The molecule has 6 heteroatoms. The molecule has 0 amide bonds. The topological polar surface area (TPSA) is 60.2 Å². The van der Waals surface area contributed by atoms with E-state index < -0.39 is 0 Å². The van der Waals surface area contributed by atoms with Gasteiger partial charge in [-0.2, -0.15) is 0 Å². The lowest BCUT2D eigenvalue weighted by Gasteiger charge is -2.12. The van der Waals surface area contributed by atoms with Crippen LogP contribution in [0.15, 0.2) is 22.6 Å². The van der Waals surface area contributed by atoms with Crippen molar-refractivity contribution < 1.29 is 9.15 Å². The highest BCUT2D eigenvalue weighted by molar-refractivity contribution is 6.31. The predicted molar refractivity (Wildman–Crippen MR) is 79.3 cm³/mol. The summed E-state index contributed by atoms with van der Waals surface area (Å²) in [5.74, 6) is 1.86. The van der Waals surface area contributed by atoms with Gasteiger partial charge in [-0.3, -0.25) is 0 Å². The van der Waals surface area contributed by atoms with E-state index in [4.69, 9.17) is 20.8 Å². The molecule has 0 radical (unpaired) electrons. The number of hydrogen-bond donors (Lipinski definition) is 1. The summed E-state index contributed by atoms with van der Waals surface area (Å²) in [6.07, 6.45) is 3.20. The molecule has 1 saturated carbocycles. The summed E-state index contributed by atoms with van der Waals surface area (Å²) in [5, 5.41) is 12.0. The van der Waals surface area contributed by atoms with Crippen LogP contribution in [0.4, 0.5) is 0 Å². The van der Waals surface area contributed by atoms with E-state index in [-0.39, 0.29) is 6.61 Å². The summed E-state index contributed by atoms with van der Waals surface area (Å²) >= 11 is 6.27. The zero-order valence-electron chi connectivity index (χ0n) is 11.9. The van der Waals surface area contributed by atoms with Crippen LogP contribution in [-0.2, 0) is 19.6 Å². The van der Waals surface area contributed by atoms with Crippen molar-refractivity contribution in [1.82, 2.24) is 15.5 Å². The first kappa shape index (κ1) is 14.4. The Morgan fingerprint density at radius 3 is 2.86 bits per heavy atom. The normalized spacial score (nSPS) is 14.4. The maximum Gasteiger partial charge on any atom is 0.253 e. The Morgan fingerprint density at radius 1 is 1.33 bits per heavy atom. The molecule has 5 nitrogen and oxygen atoms in total. The second-order valence-electron chi connectivity index (χ2n) is 5.10. The van der Waals surface area contributed by atoms with Gasteiger partial charge in [0.1, 0.15) is 5.75 Å². The fourth-order valence-electron chi connectivity index (χ4n) is 2.01. The van der Waals surface area contributed by atoms with Crippen LogP contribution < -0.4 is 10.1 Å². The highest BCUT2D eigenvalue weighted by Gasteiger charge is 2.21. The molecule has 1 heterocycles. The van der Waals surface area contributed by atoms with Crippen LogP contribution in [0.1, 0.15) is 37.1 Å². The van der Waals surface area contributed by atoms with Crippen molar-refractivity contribution in [1.29, 1.82) is 0 Å². The summed E-state index contributed by atoms with van der Waals surface area (Å²) in [6, 6.07) is 6.29. The Bertz CT molecular complexity index is 611. The Kier molecular flexibility index (Phi) is 4.41. The number of aromatic nitrogens is 2. The van der Waals surface area contributed by atoms with Crippen LogP contribution in [-0.4, -0.2) is 16.2 Å². The van der Waals surface area contributed by atoms with E-state index in [9.17, 15) is 0 Å². The molecule has 21 heavy (non-hydrogen) atoms. The maximum absolute atomic E-state index is 6.27. The molecule has 1 aromatic heterocycles. The van der Waals surface area contributed by atoms with Crippen LogP contribution in [0.2, 0.25) is 5.02 Å². The van der Waals surface area contributed by atoms with Crippen LogP contribution in [0.3, 0.4) is 0 Å². The van der Waals surface area contributed by atoms with Gasteiger partial charge >= 0.3 is 0 Å².